The lowest BCUT2D eigenvalue weighted by Crippen LogP contribution is -2.50. The van der Waals surface area contributed by atoms with Crippen LogP contribution < -0.4 is 10.6 Å². The molecule has 4 heteroatoms. The van der Waals surface area contributed by atoms with Crippen molar-refractivity contribution in [2.24, 2.45) is 11.1 Å². The average Bonchev–Trinajstić information content (AvgIpc) is 2.49. The van der Waals surface area contributed by atoms with Crippen LogP contribution in [-0.2, 0) is 0 Å². The van der Waals surface area contributed by atoms with Crippen LogP contribution in [0.15, 0.2) is 24.3 Å². The zero-order chi connectivity index (χ0) is 14.6. The summed E-state index contributed by atoms with van der Waals surface area (Å²) in [5.41, 5.74) is 7.44. The lowest BCUT2D eigenvalue weighted by molar-refractivity contribution is 0.157. The molecule has 112 valence electrons. The molecule has 0 aliphatic carbocycles. The molecule has 1 aromatic rings. The second-order valence-corrected chi connectivity index (χ2v) is 6.54. The Kier molecular flexibility index (Phi) is 5.30. The molecule has 0 radical (unpaired) electrons. The fourth-order valence-electron chi connectivity index (χ4n) is 2.68. The van der Waals surface area contributed by atoms with Crippen molar-refractivity contribution in [1.29, 1.82) is 0 Å². The molecule has 0 amide bonds. The van der Waals surface area contributed by atoms with Gasteiger partial charge in [-0.15, -0.1) is 0 Å². The molecule has 0 spiro atoms. The smallest absolute Gasteiger partial charge is 0.0407 e. The molecular formula is C16H26ClN3. The van der Waals surface area contributed by atoms with Gasteiger partial charge in [0.15, 0.2) is 0 Å². The van der Waals surface area contributed by atoms with E-state index in [0.717, 1.165) is 50.7 Å². The first kappa shape index (κ1) is 15.6. The zero-order valence-electron chi connectivity index (χ0n) is 12.6. The van der Waals surface area contributed by atoms with Crippen molar-refractivity contribution in [3.05, 3.63) is 29.3 Å². The number of hydrogen-bond donors (Lipinski definition) is 1. The fourth-order valence-corrected chi connectivity index (χ4v) is 2.80. The van der Waals surface area contributed by atoms with Gasteiger partial charge in [0.1, 0.15) is 0 Å². The molecule has 20 heavy (non-hydrogen) atoms. The lowest BCUT2D eigenvalue weighted by Gasteiger charge is -2.40. The Balaban J connectivity index is 1.87. The van der Waals surface area contributed by atoms with E-state index in [-0.39, 0.29) is 5.41 Å². The second kappa shape index (κ2) is 6.79. The zero-order valence-corrected chi connectivity index (χ0v) is 13.4. The van der Waals surface area contributed by atoms with Crippen LogP contribution in [0, 0.1) is 5.41 Å². The summed E-state index contributed by atoms with van der Waals surface area (Å²) >= 11 is 5.94. The number of halogens is 1. The Morgan fingerprint density at radius 3 is 2.25 bits per heavy atom. The molecule has 2 rings (SSSR count). The summed E-state index contributed by atoms with van der Waals surface area (Å²) in [7, 11) is 0. The number of piperazine rings is 1. The molecule has 1 aliphatic rings. The third-order valence-electron chi connectivity index (χ3n) is 4.52. The number of nitrogens with zero attached hydrogens (tertiary/aromatic N) is 2. The third-order valence-corrected chi connectivity index (χ3v) is 4.77. The summed E-state index contributed by atoms with van der Waals surface area (Å²) in [6.07, 6.45) is 1.14. The van der Waals surface area contributed by atoms with Gasteiger partial charge in [-0.05, 0) is 42.6 Å². The monoisotopic (exact) mass is 295 g/mol. The minimum Gasteiger partial charge on any atom is -0.369 e. The highest BCUT2D eigenvalue weighted by Gasteiger charge is 2.26. The van der Waals surface area contributed by atoms with Crippen LogP contribution in [0.25, 0.3) is 0 Å². The van der Waals surface area contributed by atoms with E-state index in [2.05, 4.69) is 35.8 Å². The van der Waals surface area contributed by atoms with Crippen molar-refractivity contribution in [2.75, 3.05) is 44.2 Å². The van der Waals surface area contributed by atoms with Gasteiger partial charge in [-0.1, -0.05) is 25.4 Å². The Labute approximate surface area is 127 Å². The molecule has 1 unspecified atom stereocenters. The van der Waals surface area contributed by atoms with E-state index >= 15 is 0 Å². The molecule has 1 aliphatic heterocycles. The summed E-state index contributed by atoms with van der Waals surface area (Å²) in [5, 5.41) is 0.800. The standard InChI is InChI=1S/C16H26ClN3/c1-3-16(2,12-18)13-19-8-10-20(11-9-19)15-6-4-14(17)5-7-15/h4-7H,3,8-13,18H2,1-2H3. The predicted molar refractivity (Wildman–Crippen MR) is 87.6 cm³/mol. The number of anilines is 1. The van der Waals surface area contributed by atoms with Crippen LogP contribution in [0.2, 0.25) is 5.02 Å². The Hall–Kier alpha value is -0.770. The number of hydrogen-bond acceptors (Lipinski definition) is 3. The van der Waals surface area contributed by atoms with Crippen LogP contribution >= 0.6 is 11.6 Å². The second-order valence-electron chi connectivity index (χ2n) is 6.11. The maximum atomic E-state index is 5.94. The summed E-state index contributed by atoms with van der Waals surface area (Å²) in [4.78, 5) is 4.97. The van der Waals surface area contributed by atoms with Gasteiger partial charge in [0, 0.05) is 43.4 Å². The maximum Gasteiger partial charge on any atom is 0.0407 e. The first-order valence-electron chi connectivity index (χ1n) is 7.49. The predicted octanol–water partition coefficient (Wildman–Crippen LogP) is 2.84. The molecule has 0 bridgehead atoms. The summed E-state index contributed by atoms with van der Waals surface area (Å²) in [5.74, 6) is 0. The van der Waals surface area contributed by atoms with Gasteiger partial charge < -0.3 is 10.6 Å². The quantitative estimate of drug-likeness (QED) is 0.907. The molecule has 1 fully saturated rings. The van der Waals surface area contributed by atoms with Crippen LogP contribution in [0.5, 0.6) is 0 Å². The molecule has 1 saturated heterocycles. The Morgan fingerprint density at radius 1 is 1.15 bits per heavy atom. The highest BCUT2D eigenvalue weighted by atomic mass is 35.5. The van der Waals surface area contributed by atoms with E-state index in [1.54, 1.807) is 0 Å². The highest BCUT2D eigenvalue weighted by Crippen LogP contribution is 2.23. The van der Waals surface area contributed by atoms with Crippen LogP contribution in [0.1, 0.15) is 20.3 Å². The number of nitrogens with two attached hydrogens (primary N) is 1. The molecule has 1 atom stereocenters. The summed E-state index contributed by atoms with van der Waals surface area (Å²) in [6, 6.07) is 8.14. The molecule has 1 heterocycles. The van der Waals surface area contributed by atoms with E-state index < -0.39 is 0 Å². The molecule has 0 saturated carbocycles. The highest BCUT2D eigenvalue weighted by molar-refractivity contribution is 6.30. The van der Waals surface area contributed by atoms with Crippen LogP contribution in [-0.4, -0.2) is 44.2 Å². The van der Waals surface area contributed by atoms with E-state index in [9.17, 15) is 0 Å². The van der Waals surface area contributed by atoms with Crippen molar-refractivity contribution < 1.29 is 0 Å². The van der Waals surface area contributed by atoms with Gasteiger partial charge in [-0.2, -0.15) is 0 Å². The fraction of sp³-hybridized carbons (Fsp3) is 0.625. The maximum absolute atomic E-state index is 5.94. The molecule has 3 nitrogen and oxygen atoms in total. The van der Waals surface area contributed by atoms with E-state index in [4.69, 9.17) is 17.3 Å². The van der Waals surface area contributed by atoms with E-state index in [1.165, 1.54) is 5.69 Å². The van der Waals surface area contributed by atoms with Gasteiger partial charge in [-0.25, -0.2) is 0 Å². The number of rotatable bonds is 5. The largest absolute Gasteiger partial charge is 0.369 e. The summed E-state index contributed by atoms with van der Waals surface area (Å²) in [6.45, 7) is 10.8. The van der Waals surface area contributed by atoms with Crippen molar-refractivity contribution in [2.45, 2.75) is 20.3 Å². The third kappa shape index (κ3) is 3.87. The van der Waals surface area contributed by atoms with Gasteiger partial charge in [-0.3, -0.25) is 4.90 Å². The van der Waals surface area contributed by atoms with Crippen LogP contribution in [0.4, 0.5) is 5.69 Å². The minimum absolute atomic E-state index is 0.252. The number of benzene rings is 1. The molecular weight excluding hydrogens is 270 g/mol. The van der Waals surface area contributed by atoms with Crippen molar-refractivity contribution >= 4 is 17.3 Å². The average molecular weight is 296 g/mol. The van der Waals surface area contributed by atoms with Crippen molar-refractivity contribution in [3.63, 3.8) is 0 Å². The van der Waals surface area contributed by atoms with E-state index in [1.807, 2.05) is 12.1 Å². The van der Waals surface area contributed by atoms with Crippen LogP contribution in [0.3, 0.4) is 0 Å². The first-order valence-corrected chi connectivity index (χ1v) is 7.87. The van der Waals surface area contributed by atoms with Gasteiger partial charge in [0.25, 0.3) is 0 Å². The normalized spacial score (nSPS) is 19.9. The SMILES string of the molecule is CCC(C)(CN)CN1CCN(c2ccc(Cl)cc2)CC1. The Bertz CT molecular complexity index is 406. The van der Waals surface area contributed by atoms with Gasteiger partial charge >= 0.3 is 0 Å². The molecule has 1 aromatic carbocycles. The van der Waals surface area contributed by atoms with Crippen molar-refractivity contribution in [3.8, 4) is 0 Å². The summed E-state index contributed by atoms with van der Waals surface area (Å²) < 4.78 is 0. The van der Waals surface area contributed by atoms with E-state index in [0.29, 0.717) is 0 Å². The topological polar surface area (TPSA) is 32.5 Å². The lowest BCUT2D eigenvalue weighted by atomic mass is 9.87. The van der Waals surface area contributed by atoms with Crippen molar-refractivity contribution in [1.82, 2.24) is 4.90 Å². The Morgan fingerprint density at radius 2 is 1.75 bits per heavy atom. The molecule has 0 aromatic heterocycles. The van der Waals surface area contributed by atoms with Gasteiger partial charge in [0.2, 0.25) is 0 Å². The molecule has 2 N–H and O–H groups in total. The minimum atomic E-state index is 0.252. The first-order chi connectivity index (χ1) is 9.56. The van der Waals surface area contributed by atoms with Gasteiger partial charge in [0.05, 0.1) is 0 Å².